The molecular formula is C37H47N9O7S. The summed E-state index contributed by atoms with van der Waals surface area (Å²) in [4.78, 5) is 97.4. The van der Waals surface area contributed by atoms with Gasteiger partial charge in [-0.15, -0.1) is 11.3 Å². The third-order valence-corrected chi connectivity index (χ3v) is 10.1. The number of benzene rings is 1. The van der Waals surface area contributed by atoms with Crippen molar-refractivity contribution in [3.8, 4) is 0 Å². The molecule has 0 unspecified atom stereocenters. The molecule has 1 aliphatic heterocycles. The molecule has 16 nitrogen and oxygen atoms in total. The van der Waals surface area contributed by atoms with E-state index in [1.54, 1.807) is 25.4 Å². The van der Waals surface area contributed by atoms with Crippen LogP contribution < -0.4 is 16.0 Å². The molecule has 0 fully saturated rings. The van der Waals surface area contributed by atoms with Crippen molar-refractivity contribution in [3.05, 3.63) is 69.5 Å². The van der Waals surface area contributed by atoms with E-state index in [-0.39, 0.29) is 50.0 Å². The number of hydrogen-bond donors (Lipinski definition) is 4. The molecule has 3 atom stereocenters. The quantitative estimate of drug-likeness (QED) is 0.236. The molecule has 2 bridgehead atoms. The van der Waals surface area contributed by atoms with Crippen molar-refractivity contribution in [2.45, 2.75) is 65.6 Å². The van der Waals surface area contributed by atoms with Crippen LogP contribution in [0.2, 0.25) is 0 Å². The number of carbonyl (C=O) groups is 6. The lowest BCUT2D eigenvalue weighted by Crippen LogP contribution is -2.53. The molecule has 1 aliphatic rings. The van der Waals surface area contributed by atoms with Gasteiger partial charge in [-0.3, -0.25) is 28.8 Å². The number of aryl methyl sites for hydroxylation is 2. The number of H-pyrrole nitrogens is 1. The molecule has 288 valence electrons. The Kier molecular flexibility index (Phi) is 12.5. The molecule has 0 spiro atoms. The van der Waals surface area contributed by atoms with Crippen LogP contribution in [0.1, 0.15) is 76.4 Å². The molecule has 17 heteroatoms. The van der Waals surface area contributed by atoms with Crippen LogP contribution in [0, 0.1) is 19.8 Å². The molecule has 0 saturated carbocycles. The highest BCUT2D eigenvalue weighted by Crippen LogP contribution is 2.26. The van der Waals surface area contributed by atoms with Crippen molar-refractivity contribution in [1.82, 2.24) is 45.6 Å². The fourth-order valence-electron chi connectivity index (χ4n) is 6.36. The zero-order valence-electron chi connectivity index (χ0n) is 31.5. The Morgan fingerprint density at radius 1 is 0.926 bits per heavy atom. The maximum Gasteiger partial charge on any atom is 0.292 e. The van der Waals surface area contributed by atoms with Gasteiger partial charge in [0, 0.05) is 63.0 Å². The molecule has 4 heterocycles. The second kappa shape index (κ2) is 17.0. The minimum Gasteiger partial charge on any atom is -0.436 e. The number of fused-ring (bicyclic) bond motifs is 3. The Labute approximate surface area is 317 Å². The van der Waals surface area contributed by atoms with Crippen LogP contribution in [0.15, 0.2) is 40.3 Å². The lowest BCUT2D eigenvalue weighted by molar-refractivity contribution is -0.138. The van der Waals surface area contributed by atoms with Gasteiger partial charge in [-0.2, -0.15) is 0 Å². The molecule has 5 rings (SSSR count). The van der Waals surface area contributed by atoms with E-state index in [9.17, 15) is 28.8 Å². The number of para-hydroxylation sites is 1. The Morgan fingerprint density at radius 3 is 2.35 bits per heavy atom. The molecule has 4 N–H and O–H groups in total. The summed E-state index contributed by atoms with van der Waals surface area (Å²) in [6.45, 7) is 7.96. The predicted octanol–water partition coefficient (Wildman–Crippen LogP) is 2.35. The second-order valence-corrected chi connectivity index (χ2v) is 14.9. The molecule has 4 aromatic rings. The van der Waals surface area contributed by atoms with Crippen LogP contribution in [0.5, 0.6) is 0 Å². The van der Waals surface area contributed by atoms with Gasteiger partial charge in [-0.05, 0) is 37.8 Å². The Balaban J connectivity index is 1.47. The van der Waals surface area contributed by atoms with E-state index in [2.05, 4.69) is 30.9 Å². The highest BCUT2D eigenvalue weighted by Gasteiger charge is 2.31. The normalized spacial score (nSPS) is 20.2. The highest BCUT2D eigenvalue weighted by molar-refractivity contribution is 7.09. The summed E-state index contributed by atoms with van der Waals surface area (Å²) in [7, 11) is 2.98. The summed E-state index contributed by atoms with van der Waals surface area (Å²) in [5.74, 6) is -2.84. The number of likely N-dealkylation sites (N-methyl/N-ethyl adjacent to an activating group) is 2. The molecule has 54 heavy (non-hydrogen) atoms. The fraction of sp³-hybridized carbons (Fsp3) is 0.459. The number of aromatic nitrogens is 3. The monoisotopic (exact) mass is 761 g/mol. The number of nitrogens with one attached hydrogen (secondary N) is 4. The summed E-state index contributed by atoms with van der Waals surface area (Å²) in [6.07, 6.45) is 2.38. The SMILES string of the molecule is Cc1nc(C)c(C(=O)N2CCN(C)C(=O)[C@H](C)NC(=O)CN(C)C(=O)[C@@H](Cc3c[nH]c4ccccc34)NC(=O)c3csc(n3)[C@H](CC(C)C)NC(=O)C2)o1. The van der Waals surface area contributed by atoms with Crippen molar-refractivity contribution >= 4 is 57.7 Å². The largest absolute Gasteiger partial charge is 0.436 e. The zero-order chi connectivity index (χ0) is 39.3. The maximum absolute atomic E-state index is 13.9. The van der Waals surface area contributed by atoms with Gasteiger partial charge in [0.2, 0.25) is 29.4 Å². The molecule has 0 saturated heterocycles. The van der Waals surface area contributed by atoms with Crippen LogP contribution in [-0.2, 0) is 25.6 Å². The minimum absolute atomic E-state index is 0.0172. The van der Waals surface area contributed by atoms with E-state index in [4.69, 9.17) is 4.42 Å². The number of rotatable bonds is 5. The first-order valence-electron chi connectivity index (χ1n) is 17.7. The zero-order valence-corrected chi connectivity index (χ0v) is 32.3. The van der Waals surface area contributed by atoms with E-state index in [1.807, 2.05) is 38.1 Å². The van der Waals surface area contributed by atoms with Gasteiger partial charge in [0.1, 0.15) is 29.3 Å². The topological polar surface area (TPSA) is 203 Å². The lowest BCUT2D eigenvalue weighted by Gasteiger charge is -2.28. The van der Waals surface area contributed by atoms with Crippen molar-refractivity contribution in [1.29, 1.82) is 0 Å². The predicted molar refractivity (Wildman–Crippen MR) is 200 cm³/mol. The van der Waals surface area contributed by atoms with Crippen molar-refractivity contribution < 1.29 is 33.2 Å². The van der Waals surface area contributed by atoms with Crippen molar-refractivity contribution in [3.63, 3.8) is 0 Å². The van der Waals surface area contributed by atoms with Gasteiger partial charge in [0.15, 0.2) is 5.89 Å². The Hall–Kier alpha value is -5.58. The van der Waals surface area contributed by atoms with Crippen LogP contribution >= 0.6 is 11.3 Å². The number of thiazole rings is 1. The number of hydrogen-bond acceptors (Lipinski definition) is 10. The maximum atomic E-state index is 13.9. The van der Waals surface area contributed by atoms with Crippen molar-refractivity contribution in [2.24, 2.45) is 5.92 Å². The molecule has 6 amide bonds. The minimum atomic E-state index is -1.08. The first kappa shape index (κ1) is 39.6. The van der Waals surface area contributed by atoms with Gasteiger partial charge in [0.05, 0.1) is 18.3 Å². The van der Waals surface area contributed by atoms with E-state index >= 15 is 0 Å². The molecule has 3 aromatic heterocycles. The smallest absolute Gasteiger partial charge is 0.292 e. The third-order valence-electron chi connectivity index (χ3n) is 9.10. The number of aromatic amines is 1. The molecule has 0 aliphatic carbocycles. The molecular weight excluding hydrogens is 715 g/mol. The first-order chi connectivity index (χ1) is 25.6. The molecule has 0 radical (unpaired) electrons. The first-order valence-corrected chi connectivity index (χ1v) is 18.6. The second-order valence-electron chi connectivity index (χ2n) is 14.0. The van der Waals surface area contributed by atoms with Crippen molar-refractivity contribution in [2.75, 3.05) is 40.3 Å². The van der Waals surface area contributed by atoms with Gasteiger partial charge in [-0.1, -0.05) is 32.0 Å². The average Bonchev–Trinajstić information content (AvgIpc) is 3.86. The summed E-state index contributed by atoms with van der Waals surface area (Å²) in [6, 6.07) is 4.93. The Bertz CT molecular complexity index is 2040. The fourth-order valence-corrected chi connectivity index (χ4v) is 7.22. The summed E-state index contributed by atoms with van der Waals surface area (Å²) < 4.78 is 5.58. The number of nitrogens with zero attached hydrogens (tertiary/aromatic N) is 5. The van der Waals surface area contributed by atoms with Gasteiger partial charge < -0.3 is 40.1 Å². The summed E-state index contributed by atoms with van der Waals surface area (Å²) >= 11 is 1.19. The van der Waals surface area contributed by atoms with Crippen LogP contribution in [0.4, 0.5) is 0 Å². The van der Waals surface area contributed by atoms with Gasteiger partial charge in [0.25, 0.3) is 11.8 Å². The Morgan fingerprint density at radius 2 is 1.65 bits per heavy atom. The van der Waals surface area contributed by atoms with Gasteiger partial charge in [-0.25, -0.2) is 9.97 Å². The number of amides is 6. The standard InChI is InChI=1S/C37H47N9O7S/c1-20(2)14-27-34-43-29(19-54-34)33(49)42-28(15-24-16-38-26-11-9-8-10-25(24)26)36(51)45(7)17-30(47)40-22(4)35(50)44(6)12-13-46(18-31(48)41-27)37(52)32-21(3)39-23(5)53-32/h8-11,16,19-20,22,27-28,38H,12-15,17-18H2,1-7H3,(H,40,47)(H,41,48)(H,42,49)/t22-,27-,28+/m0/s1. The highest BCUT2D eigenvalue weighted by atomic mass is 32.1. The van der Waals surface area contributed by atoms with E-state index < -0.39 is 53.6 Å². The summed E-state index contributed by atoms with van der Waals surface area (Å²) in [5.41, 5.74) is 2.07. The third kappa shape index (κ3) is 9.50. The summed E-state index contributed by atoms with van der Waals surface area (Å²) in [5, 5.41) is 11.4. The number of oxazole rings is 1. The average molecular weight is 762 g/mol. The van der Waals surface area contributed by atoms with Crippen LogP contribution in [0.25, 0.3) is 10.9 Å². The van der Waals surface area contributed by atoms with E-state index in [0.29, 0.717) is 23.0 Å². The van der Waals surface area contributed by atoms with E-state index in [1.165, 1.54) is 47.1 Å². The van der Waals surface area contributed by atoms with Gasteiger partial charge >= 0.3 is 0 Å². The van der Waals surface area contributed by atoms with Crippen LogP contribution in [0.3, 0.4) is 0 Å². The molecule has 1 aromatic carbocycles. The van der Waals surface area contributed by atoms with Crippen LogP contribution in [-0.4, -0.2) is 117 Å². The lowest BCUT2D eigenvalue weighted by atomic mass is 10.0. The van der Waals surface area contributed by atoms with E-state index in [0.717, 1.165) is 16.5 Å². The number of carbonyl (C=O) groups excluding carboxylic acids is 6.